The van der Waals surface area contributed by atoms with Gasteiger partial charge in [0.1, 0.15) is 19.0 Å². The van der Waals surface area contributed by atoms with Crippen LogP contribution in [0.25, 0.3) is 11.3 Å². The number of benzene rings is 2. The third kappa shape index (κ3) is 4.86. The first-order valence-corrected chi connectivity index (χ1v) is 12.4. The van der Waals surface area contributed by atoms with Crippen molar-refractivity contribution in [1.29, 1.82) is 0 Å². The molecule has 0 atom stereocenters. The number of hydrogen-bond donors (Lipinski definition) is 1. The summed E-state index contributed by atoms with van der Waals surface area (Å²) in [5.74, 6) is 0.830. The number of hydrogen-bond acceptors (Lipinski definition) is 8. The van der Waals surface area contributed by atoms with Crippen LogP contribution in [-0.2, 0) is 14.6 Å². The minimum absolute atomic E-state index is 0.0950. The number of nitrogens with zero attached hydrogens (tertiary/aromatic N) is 1. The van der Waals surface area contributed by atoms with Crippen LogP contribution >= 0.6 is 11.3 Å². The van der Waals surface area contributed by atoms with Gasteiger partial charge in [-0.15, -0.1) is 11.3 Å². The summed E-state index contributed by atoms with van der Waals surface area (Å²) in [6.45, 7) is 2.76. The van der Waals surface area contributed by atoms with Crippen LogP contribution in [0.3, 0.4) is 0 Å². The van der Waals surface area contributed by atoms with Crippen LogP contribution in [0.4, 0.5) is 5.13 Å². The average molecular weight is 475 g/mol. The van der Waals surface area contributed by atoms with E-state index >= 15 is 0 Å². The van der Waals surface area contributed by atoms with E-state index in [4.69, 9.17) is 14.2 Å². The molecule has 1 N–H and O–H groups in total. The lowest BCUT2D eigenvalue weighted by Gasteiger charge is -2.18. The molecule has 0 bridgehead atoms. The van der Waals surface area contributed by atoms with Gasteiger partial charge in [0, 0.05) is 23.4 Å². The normalized spacial score (nSPS) is 12.9. The molecule has 4 rings (SSSR count). The number of nitrogens with one attached hydrogen (secondary N) is 1. The fourth-order valence-electron chi connectivity index (χ4n) is 3.22. The Morgan fingerprint density at radius 1 is 1.16 bits per heavy atom. The van der Waals surface area contributed by atoms with Crippen molar-refractivity contribution in [3.05, 3.63) is 47.3 Å². The second-order valence-electron chi connectivity index (χ2n) is 7.16. The van der Waals surface area contributed by atoms with E-state index in [-0.39, 0.29) is 17.1 Å². The highest BCUT2D eigenvalue weighted by atomic mass is 32.2. The van der Waals surface area contributed by atoms with Crippen LogP contribution in [0.1, 0.15) is 12.0 Å². The monoisotopic (exact) mass is 474 g/mol. The molecule has 8 nitrogen and oxygen atoms in total. The molecule has 1 aliphatic heterocycles. The number of amides is 1. The molecule has 0 fully saturated rings. The SMILES string of the molecule is COc1ccc(C)cc1-c1csc(NC(=O)CCS(=O)(=O)c2ccc3c(c2)OCCO3)n1. The zero-order valence-electron chi connectivity index (χ0n) is 17.6. The first-order valence-electron chi connectivity index (χ1n) is 9.88. The number of sulfone groups is 1. The molecular weight excluding hydrogens is 452 g/mol. The van der Waals surface area contributed by atoms with Gasteiger partial charge in [0.05, 0.1) is 23.5 Å². The quantitative estimate of drug-likeness (QED) is 0.557. The molecule has 2 heterocycles. The summed E-state index contributed by atoms with van der Waals surface area (Å²) in [4.78, 5) is 16.9. The molecule has 1 aromatic heterocycles. The molecule has 168 valence electrons. The minimum Gasteiger partial charge on any atom is -0.496 e. The van der Waals surface area contributed by atoms with E-state index in [0.29, 0.717) is 41.3 Å². The molecule has 1 aliphatic rings. The highest BCUT2D eigenvalue weighted by Crippen LogP contribution is 2.34. The lowest BCUT2D eigenvalue weighted by Crippen LogP contribution is -2.18. The number of carbonyl (C=O) groups excluding carboxylic acids is 1. The highest BCUT2D eigenvalue weighted by Gasteiger charge is 2.21. The molecule has 0 spiro atoms. The molecule has 2 aromatic carbocycles. The number of aromatic nitrogens is 1. The van der Waals surface area contributed by atoms with E-state index in [0.717, 1.165) is 11.1 Å². The second-order valence-corrected chi connectivity index (χ2v) is 10.1. The molecule has 0 unspecified atom stereocenters. The van der Waals surface area contributed by atoms with E-state index in [1.165, 1.54) is 23.5 Å². The van der Waals surface area contributed by atoms with E-state index in [1.54, 1.807) is 13.2 Å². The number of anilines is 1. The minimum atomic E-state index is -3.66. The van der Waals surface area contributed by atoms with Gasteiger partial charge in [-0.1, -0.05) is 11.6 Å². The number of methoxy groups -OCH3 is 1. The van der Waals surface area contributed by atoms with Crippen LogP contribution in [0.2, 0.25) is 0 Å². The van der Waals surface area contributed by atoms with Crippen molar-refractivity contribution in [2.24, 2.45) is 0 Å². The molecule has 0 saturated carbocycles. The van der Waals surface area contributed by atoms with Crippen molar-refractivity contribution >= 4 is 32.2 Å². The fraction of sp³-hybridized carbons (Fsp3) is 0.273. The smallest absolute Gasteiger partial charge is 0.227 e. The Kier molecular flexibility index (Phi) is 6.33. The Morgan fingerprint density at radius 3 is 2.72 bits per heavy atom. The van der Waals surface area contributed by atoms with E-state index in [2.05, 4.69) is 10.3 Å². The highest BCUT2D eigenvalue weighted by molar-refractivity contribution is 7.91. The molecule has 10 heteroatoms. The van der Waals surface area contributed by atoms with Crippen molar-refractivity contribution in [1.82, 2.24) is 4.98 Å². The Labute approximate surface area is 190 Å². The van der Waals surface area contributed by atoms with Crippen molar-refractivity contribution in [2.45, 2.75) is 18.2 Å². The Balaban J connectivity index is 1.40. The maximum Gasteiger partial charge on any atom is 0.227 e. The van der Waals surface area contributed by atoms with Crippen molar-refractivity contribution in [3.8, 4) is 28.5 Å². The Morgan fingerprint density at radius 2 is 1.94 bits per heavy atom. The van der Waals surface area contributed by atoms with E-state index < -0.39 is 15.7 Å². The Hall–Kier alpha value is -3.11. The van der Waals surface area contributed by atoms with Crippen LogP contribution in [0.5, 0.6) is 17.2 Å². The second kappa shape index (κ2) is 9.17. The molecule has 3 aromatic rings. The summed E-state index contributed by atoms with van der Waals surface area (Å²) in [6, 6.07) is 10.2. The van der Waals surface area contributed by atoms with Crippen molar-refractivity contribution < 1.29 is 27.4 Å². The maximum atomic E-state index is 12.7. The van der Waals surface area contributed by atoms with Crippen LogP contribution in [-0.4, -0.2) is 45.4 Å². The average Bonchev–Trinajstić information content (AvgIpc) is 3.25. The third-order valence-electron chi connectivity index (χ3n) is 4.85. The summed E-state index contributed by atoms with van der Waals surface area (Å²) in [6.07, 6.45) is -0.195. The molecule has 32 heavy (non-hydrogen) atoms. The first kappa shape index (κ1) is 22.1. The molecule has 0 saturated heterocycles. The third-order valence-corrected chi connectivity index (χ3v) is 7.32. The van der Waals surface area contributed by atoms with Gasteiger partial charge >= 0.3 is 0 Å². The zero-order valence-corrected chi connectivity index (χ0v) is 19.2. The lowest BCUT2D eigenvalue weighted by atomic mass is 10.1. The number of thiazole rings is 1. The van der Waals surface area contributed by atoms with Crippen molar-refractivity contribution in [3.63, 3.8) is 0 Å². The predicted octanol–water partition coefficient (Wildman–Crippen LogP) is 3.70. The standard InChI is InChI=1S/C22H22N2O6S2/c1-14-3-5-18(28-2)16(11-14)17-13-31-22(23-17)24-21(25)7-10-32(26,27)15-4-6-19-20(12-15)30-9-8-29-19/h3-6,11-13H,7-10H2,1-2H3,(H,23,24,25). The van der Waals surface area contributed by atoms with Gasteiger partial charge in [-0.25, -0.2) is 13.4 Å². The Bertz CT molecular complexity index is 1250. The van der Waals surface area contributed by atoms with Gasteiger partial charge in [-0.05, 0) is 31.2 Å². The van der Waals surface area contributed by atoms with Crippen LogP contribution in [0, 0.1) is 6.92 Å². The topological polar surface area (TPSA) is 104 Å². The molecular formula is C22H22N2O6S2. The number of fused-ring (bicyclic) bond motifs is 1. The van der Waals surface area contributed by atoms with Gasteiger partial charge in [-0.2, -0.15) is 0 Å². The summed E-state index contributed by atoms with van der Waals surface area (Å²) in [7, 11) is -2.07. The summed E-state index contributed by atoms with van der Waals surface area (Å²) < 4.78 is 41.6. The predicted molar refractivity (Wildman–Crippen MR) is 122 cm³/mol. The number of carbonyl (C=O) groups is 1. The summed E-state index contributed by atoms with van der Waals surface area (Å²) in [5, 5.41) is 4.89. The number of ether oxygens (including phenoxy) is 3. The van der Waals surface area contributed by atoms with Gasteiger partial charge in [0.2, 0.25) is 5.91 Å². The lowest BCUT2D eigenvalue weighted by molar-refractivity contribution is -0.115. The summed E-state index contributed by atoms with van der Waals surface area (Å²) >= 11 is 1.26. The number of aryl methyl sites for hydroxylation is 1. The van der Waals surface area contributed by atoms with E-state index in [9.17, 15) is 13.2 Å². The van der Waals surface area contributed by atoms with Crippen LogP contribution in [0.15, 0.2) is 46.7 Å². The first-order chi connectivity index (χ1) is 15.4. The van der Waals surface area contributed by atoms with Gasteiger partial charge < -0.3 is 19.5 Å². The molecule has 0 aliphatic carbocycles. The van der Waals surface area contributed by atoms with Crippen molar-refractivity contribution in [2.75, 3.05) is 31.4 Å². The maximum absolute atomic E-state index is 12.7. The fourth-order valence-corrected chi connectivity index (χ4v) is 5.20. The number of rotatable bonds is 7. The van der Waals surface area contributed by atoms with Gasteiger partial charge in [0.25, 0.3) is 0 Å². The van der Waals surface area contributed by atoms with Crippen LogP contribution < -0.4 is 19.5 Å². The van der Waals surface area contributed by atoms with E-state index in [1.807, 2.05) is 30.5 Å². The largest absolute Gasteiger partial charge is 0.496 e. The zero-order chi connectivity index (χ0) is 22.7. The van der Waals surface area contributed by atoms with Gasteiger partial charge in [-0.3, -0.25) is 4.79 Å². The van der Waals surface area contributed by atoms with Gasteiger partial charge in [0.15, 0.2) is 26.5 Å². The molecule has 0 radical (unpaired) electrons. The molecule has 1 amide bonds. The summed E-state index contributed by atoms with van der Waals surface area (Å²) in [5.41, 5.74) is 2.56.